The maximum Gasteiger partial charge on any atom is 0.223 e. The van der Waals surface area contributed by atoms with Crippen molar-refractivity contribution in [3.8, 4) is 11.6 Å². The first kappa shape index (κ1) is 18.3. The van der Waals surface area contributed by atoms with Crippen LogP contribution in [0.15, 0.2) is 47.6 Å². The van der Waals surface area contributed by atoms with E-state index in [1.54, 1.807) is 6.07 Å². The lowest BCUT2D eigenvalue weighted by Gasteiger charge is -2.09. The van der Waals surface area contributed by atoms with Gasteiger partial charge < -0.3 is 4.74 Å². The zero-order chi connectivity index (χ0) is 18.7. The average Bonchev–Trinajstić information content (AvgIpc) is 2.58. The Kier molecular flexibility index (Phi) is 5.52. The van der Waals surface area contributed by atoms with Gasteiger partial charge >= 0.3 is 0 Å². The average molecular weight is 372 g/mol. The summed E-state index contributed by atoms with van der Waals surface area (Å²) in [4.78, 5) is 8.69. The number of aryl methyl sites for hydroxylation is 3. The first-order valence-corrected chi connectivity index (χ1v) is 9.07. The highest BCUT2D eigenvalue weighted by molar-refractivity contribution is 7.98. The summed E-state index contributed by atoms with van der Waals surface area (Å²) in [5, 5.41) is 0.451. The van der Waals surface area contributed by atoms with Gasteiger partial charge in [0.05, 0.1) is 0 Å². The summed E-state index contributed by atoms with van der Waals surface area (Å²) in [5.74, 6) is 0.432. The lowest BCUT2D eigenvalue weighted by atomic mass is 10.1. The number of nitrogens with zero attached hydrogens (tertiary/aromatic N) is 2. The van der Waals surface area contributed by atoms with E-state index in [4.69, 9.17) is 4.74 Å². The Balaban J connectivity index is 1.76. The molecule has 0 aliphatic carbocycles. The second-order valence-electron chi connectivity index (χ2n) is 6.00. The smallest absolute Gasteiger partial charge is 0.223 e. The van der Waals surface area contributed by atoms with Gasteiger partial charge in [-0.2, -0.15) is 4.98 Å². The molecule has 0 saturated heterocycles. The van der Waals surface area contributed by atoms with Crippen molar-refractivity contribution >= 4 is 11.8 Å². The van der Waals surface area contributed by atoms with Crippen molar-refractivity contribution in [1.29, 1.82) is 0 Å². The quantitative estimate of drug-likeness (QED) is 0.421. The van der Waals surface area contributed by atoms with Gasteiger partial charge in [-0.05, 0) is 62.2 Å². The molecular formula is C20H18F2N2OS. The van der Waals surface area contributed by atoms with E-state index in [2.05, 4.69) is 9.97 Å². The summed E-state index contributed by atoms with van der Waals surface area (Å²) in [5.41, 5.74) is 3.33. The molecule has 1 aromatic heterocycles. The zero-order valence-electron chi connectivity index (χ0n) is 14.7. The summed E-state index contributed by atoms with van der Waals surface area (Å²) < 4.78 is 32.9. The summed E-state index contributed by atoms with van der Waals surface area (Å²) in [6.45, 7) is 5.89. The van der Waals surface area contributed by atoms with E-state index in [0.717, 1.165) is 23.4 Å². The van der Waals surface area contributed by atoms with E-state index in [-0.39, 0.29) is 11.3 Å². The van der Waals surface area contributed by atoms with Crippen LogP contribution < -0.4 is 4.74 Å². The predicted molar refractivity (Wildman–Crippen MR) is 98.7 cm³/mol. The van der Waals surface area contributed by atoms with Crippen molar-refractivity contribution in [3.05, 3.63) is 76.5 Å². The normalized spacial score (nSPS) is 10.8. The SMILES string of the molecule is Cc1cc(Oc2ccc(C)c(C)c2)nc(SCc2cc(F)ccc2F)n1. The van der Waals surface area contributed by atoms with Crippen LogP contribution in [0.5, 0.6) is 11.6 Å². The standard InChI is InChI=1S/C20H18F2N2OS/c1-12-4-6-17(8-13(12)2)25-19-9-14(3)23-20(24-19)26-11-15-10-16(21)5-7-18(15)22/h4-10H,11H2,1-3H3. The van der Waals surface area contributed by atoms with E-state index in [1.807, 2.05) is 39.0 Å². The lowest BCUT2D eigenvalue weighted by Crippen LogP contribution is -1.96. The first-order chi connectivity index (χ1) is 12.4. The van der Waals surface area contributed by atoms with Crippen molar-refractivity contribution in [3.63, 3.8) is 0 Å². The van der Waals surface area contributed by atoms with Crippen LogP contribution in [0.4, 0.5) is 8.78 Å². The Morgan fingerprint density at radius 2 is 1.73 bits per heavy atom. The number of aromatic nitrogens is 2. The van der Waals surface area contributed by atoms with Gasteiger partial charge in [0, 0.05) is 23.1 Å². The molecule has 0 aliphatic rings. The third-order valence-electron chi connectivity index (χ3n) is 3.88. The van der Waals surface area contributed by atoms with Crippen LogP contribution in [0.2, 0.25) is 0 Å². The van der Waals surface area contributed by atoms with Gasteiger partial charge in [-0.3, -0.25) is 0 Å². The fourth-order valence-corrected chi connectivity index (χ4v) is 3.19. The highest BCUT2D eigenvalue weighted by Crippen LogP contribution is 2.27. The molecule has 0 radical (unpaired) electrons. The van der Waals surface area contributed by atoms with Gasteiger partial charge in [0.15, 0.2) is 5.16 Å². The van der Waals surface area contributed by atoms with Gasteiger partial charge in [-0.1, -0.05) is 17.8 Å². The highest BCUT2D eigenvalue weighted by atomic mass is 32.2. The van der Waals surface area contributed by atoms with Crippen molar-refractivity contribution < 1.29 is 13.5 Å². The lowest BCUT2D eigenvalue weighted by molar-refractivity contribution is 0.454. The van der Waals surface area contributed by atoms with Crippen LogP contribution in [0.3, 0.4) is 0 Å². The maximum atomic E-state index is 13.7. The van der Waals surface area contributed by atoms with Gasteiger partial charge in [-0.15, -0.1) is 0 Å². The fourth-order valence-electron chi connectivity index (χ4n) is 2.32. The third kappa shape index (κ3) is 4.58. The van der Waals surface area contributed by atoms with E-state index in [0.29, 0.717) is 16.8 Å². The van der Waals surface area contributed by atoms with Gasteiger partial charge in [-0.25, -0.2) is 13.8 Å². The molecule has 3 nitrogen and oxygen atoms in total. The Morgan fingerprint density at radius 1 is 0.923 bits per heavy atom. The van der Waals surface area contributed by atoms with Crippen LogP contribution in [0.25, 0.3) is 0 Å². The van der Waals surface area contributed by atoms with E-state index in [1.165, 1.54) is 23.4 Å². The molecule has 3 aromatic rings. The number of rotatable bonds is 5. The number of halogens is 2. The molecule has 1 heterocycles. The van der Waals surface area contributed by atoms with Crippen LogP contribution >= 0.6 is 11.8 Å². The monoisotopic (exact) mass is 372 g/mol. The van der Waals surface area contributed by atoms with E-state index in [9.17, 15) is 8.78 Å². The predicted octanol–water partition coefficient (Wildman–Crippen LogP) is 5.76. The molecule has 2 aromatic carbocycles. The molecule has 6 heteroatoms. The van der Waals surface area contributed by atoms with Gasteiger partial charge in [0.1, 0.15) is 17.4 Å². The molecule has 0 bridgehead atoms. The number of benzene rings is 2. The van der Waals surface area contributed by atoms with Crippen molar-refractivity contribution in [2.24, 2.45) is 0 Å². The Bertz CT molecular complexity index is 947. The highest BCUT2D eigenvalue weighted by Gasteiger charge is 2.09. The molecule has 0 saturated carbocycles. The summed E-state index contributed by atoms with van der Waals surface area (Å²) in [6.07, 6.45) is 0. The second-order valence-corrected chi connectivity index (χ2v) is 6.95. The summed E-state index contributed by atoms with van der Waals surface area (Å²) in [7, 11) is 0. The molecular weight excluding hydrogens is 354 g/mol. The van der Waals surface area contributed by atoms with Crippen LogP contribution in [0, 0.1) is 32.4 Å². The topological polar surface area (TPSA) is 35.0 Å². The first-order valence-electron chi connectivity index (χ1n) is 8.08. The second kappa shape index (κ2) is 7.83. The molecule has 0 atom stereocenters. The van der Waals surface area contributed by atoms with Crippen LogP contribution in [-0.2, 0) is 5.75 Å². The van der Waals surface area contributed by atoms with Crippen molar-refractivity contribution in [2.75, 3.05) is 0 Å². The molecule has 26 heavy (non-hydrogen) atoms. The number of hydrogen-bond acceptors (Lipinski definition) is 4. The zero-order valence-corrected chi connectivity index (χ0v) is 15.5. The van der Waals surface area contributed by atoms with Gasteiger partial charge in [0.25, 0.3) is 0 Å². The summed E-state index contributed by atoms with van der Waals surface area (Å²) >= 11 is 1.23. The van der Waals surface area contributed by atoms with Gasteiger partial charge in [0.2, 0.25) is 5.88 Å². The Morgan fingerprint density at radius 3 is 2.50 bits per heavy atom. The van der Waals surface area contributed by atoms with E-state index < -0.39 is 11.6 Å². The largest absolute Gasteiger partial charge is 0.439 e. The maximum absolute atomic E-state index is 13.7. The number of ether oxygens (including phenoxy) is 1. The minimum absolute atomic E-state index is 0.232. The van der Waals surface area contributed by atoms with Crippen LogP contribution in [-0.4, -0.2) is 9.97 Å². The van der Waals surface area contributed by atoms with Crippen LogP contribution in [0.1, 0.15) is 22.4 Å². The molecule has 3 rings (SSSR count). The minimum Gasteiger partial charge on any atom is -0.439 e. The van der Waals surface area contributed by atoms with E-state index >= 15 is 0 Å². The third-order valence-corrected chi connectivity index (χ3v) is 4.77. The molecule has 0 amide bonds. The molecule has 0 aliphatic heterocycles. The number of thioether (sulfide) groups is 1. The molecule has 0 unspecified atom stereocenters. The number of hydrogen-bond donors (Lipinski definition) is 0. The Hall–Kier alpha value is -2.47. The van der Waals surface area contributed by atoms with Crippen molar-refractivity contribution in [2.45, 2.75) is 31.7 Å². The van der Waals surface area contributed by atoms with Crippen molar-refractivity contribution in [1.82, 2.24) is 9.97 Å². The molecule has 0 N–H and O–H groups in total. The molecule has 134 valence electrons. The Labute approximate surface area is 155 Å². The minimum atomic E-state index is -0.467. The molecule has 0 spiro atoms. The molecule has 0 fully saturated rings. The summed E-state index contributed by atoms with van der Waals surface area (Å²) in [6, 6.07) is 11.0. The fraction of sp³-hybridized carbons (Fsp3) is 0.200.